The molecule has 3 heteroatoms. The summed E-state index contributed by atoms with van der Waals surface area (Å²) >= 11 is 0. The van der Waals surface area contributed by atoms with Crippen LogP contribution in [0.25, 0.3) is 0 Å². The van der Waals surface area contributed by atoms with E-state index in [-0.39, 0.29) is 5.41 Å². The molecule has 1 rings (SSSR count). The Morgan fingerprint density at radius 1 is 1.71 bits per heavy atom. The van der Waals surface area contributed by atoms with Crippen LogP contribution in [0.1, 0.15) is 20.3 Å². The van der Waals surface area contributed by atoms with Gasteiger partial charge in [-0.25, -0.2) is 4.79 Å². The summed E-state index contributed by atoms with van der Waals surface area (Å²) in [6.07, 6.45) is 6.87. The Bertz CT molecular complexity index is 310. The zero-order chi connectivity index (χ0) is 10.8. The Kier molecular flexibility index (Phi) is 2.85. The van der Waals surface area contributed by atoms with Gasteiger partial charge in [0.2, 0.25) is 0 Å². The summed E-state index contributed by atoms with van der Waals surface area (Å²) in [5, 5.41) is 8.85. The third-order valence-electron chi connectivity index (χ3n) is 2.63. The molecule has 1 heterocycles. The number of rotatable bonds is 0. The van der Waals surface area contributed by atoms with Crippen molar-refractivity contribution in [3.8, 4) is 12.3 Å². The molecule has 76 valence electrons. The first kappa shape index (κ1) is 10.6. The van der Waals surface area contributed by atoms with Gasteiger partial charge in [0.05, 0.1) is 0 Å². The van der Waals surface area contributed by atoms with Gasteiger partial charge in [0.15, 0.2) is 0 Å². The van der Waals surface area contributed by atoms with Gasteiger partial charge in [0.1, 0.15) is 0 Å². The molecule has 1 amide bonds. The van der Waals surface area contributed by atoms with Crippen molar-refractivity contribution in [3.63, 3.8) is 0 Å². The van der Waals surface area contributed by atoms with E-state index in [0.29, 0.717) is 13.1 Å². The fourth-order valence-corrected chi connectivity index (χ4v) is 1.78. The van der Waals surface area contributed by atoms with Gasteiger partial charge in [-0.1, -0.05) is 25.3 Å². The molecule has 14 heavy (non-hydrogen) atoms. The lowest BCUT2D eigenvalue weighted by Crippen LogP contribution is -2.44. The highest BCUT2D eigenvalue weighted by Gasteiger charge is 2.32. The van der Waals surface area contributed by atoms with E-state index in [2.05, 4.69) is 5.92 Å². The van der Waals surface area contributed by atoms with Gasteiger partial charge in [-0.05, 0) is 12.5 Å². The zero-order valence-corrected chi connectivity index (χ0v) is 8.58. The summed E-state index contributed by atoms with van der Waals surface area (Å²) in [7, 11) is 0. The van der Waals surface area contributed by atoms with Gasteiger partial charge in [-0.2, -0.15) is 0 Å². The van der Waals surface area contributed by atoms with Crippen molar-refractivity contribution in [2.45, 2.75) is 20.3 Å². The smallest absolute Gasteiger partial charge is 0.407 e. The standard InChI is InChI=1S/C11H15NO2/c1-4-5-9-6-7-12(10(13)14)8-11(9,2)3/h1,5H,6-8H2,2-3H3,(H,13,14)/b9-5+. The molecular formula is C11H15NO2. The average molecular weight is 193 g/mol. The Morgan fingerprint density at radius 3 is 2.79 bits per heavy atom. The fraction of sp³-hybridized carbons (Fsp3) is 0.545. The van der Waals surface area contributed by atoms with Crippen molar-refractivity contribution in [3.05, 3.63) is 11.6 Å². The molecule has 0 radical (unpaired) electrons. The number of piperidine rings is 1. The van der Waals surface area contributed by atoms with Crippen LogP contribution >= 0.6 is 0 Å². The lowest BCUT2D eigenvalue weighted by molar-refractivity contribution is 0.117. The van der Waals surface area contributed by atoms with E-state index in [4.69, 9.17) is 11.5 Å². The molecule has 1 N–H and O–H groups in total. The number of hydrogen-bond acceptors (Lipinski definition) is 1. The molecular weight excluding hydrogens is 178 g/mol. The second-order valence-corrected chi connectivity index (χ2v) is 4.17. The highest BCUT2D eigenvalue weighted by molar-refractivity contribution is 5.65. The summed E-state index contributed by atoms with van der Waals surface area (Å²) in [5.41, 5.74) is 1.03. The normalized spacial score (nSPS) is 23.2. The quantitative estimate of drug-likeness (QED) is 0.597. The lowest BCUT2D eigenvalue weighted by Gasteiger charge is -2.38. The van der Waals surface area contributed by atoms with Crippen molar-refractivity contribution in [2.24, 2.45) is 5.41 Å². The highest BCUT2D eigenvalue weighted by atomic mass is 16.4. The van der Waals surface area contributed by atoms with Crippen molar-refractivity contribution in [1.82, 2.24) is 4.90 Å². The molecule has 0 aromatic rings. The SMILES string of the molecule is C#C/C=C1\CCN(C(=O)O)CC1(C)C. The van der Waals surface area contributed by atoms with E-state index in [1.165, 1.54) is 4.90 Å². The van der Waals surface area contributed by atoms with E-state index in [1.54, 1.807) is 6.08 Å². The Morgan fingerprint density at radius 2 is 2.36 bits per heavy atom. The van der Waals surface area contributed by atoms with Crippen LogP contribution < -0.4 is 0 Å². The molecule has 0 spiro atoms. The number of amides is 1. The molecule has 1 fully saturated rings. The number of allylic oxidation sites excluding steroid dienone is 1. The maximum Gasteiger partial charge on any atom is 0.407 e. The molecule has 1 aliphatic heterocycles. The minimum atomic E-state index is -0.849. The van der Waals surface area contributed by atoms with E-state index in [1.807, 2.05) is 13.8 Å². The fourth-order valence-electron chi connectivity index (χ4n) is 1.78. The van der Waals surface area contributed by atoms with Crippen LogP contribution in [0.3, 0.4) is 0 Å². The van der Waals surface area contributed by atoms with Crippen molar-refractivity contribution in [2.75, 3.05) is 13.1 Å². The Hall–Kier alpha value is -1.43. The number of terminal acetylenes is 1. The van der Waals surface area contributed by atoms with Crippen molar-refractivity contribution in [1.29, 1.82) is 0 Å². The van der Waals surface area contributed by atoms with E-state index in [9.17, 15) is 4.79 Å². The monoisotopic (exact) mass is 193 g/mol. The summed E-state index contributed by atoms with van der Waals surface area (Å²) in [4.78, 5) is 12.2. The second-order valence-electron chi connectivity index (χ2n) is 4.17. The molecule has 1 saturated heterocycles. The van der Waals surface area contributed by atoms with Crippen molar-refractivity contribution >= 4 is 6.09 Å². The predicted octanol–water partition coefficient (Wildman–Crippen LogP) is 1.96. The van der Waals surface area contributed by atoms with Gasteiger partial charge in [-0.3, -0.25) is 0 Å². The molecule has 0 aliphatic carbocycles. The van der Waals surface area contributed by atoms with Crippen LogP contribution in [0.4, 0.5) is 4.79 Å². The molecule has 0 bridgehead atoms. The van der Waals surface area contributed by atoms with Crippen LogP contribution in [0.2, 0.25) is 0 Å². The van der Waals surface area contributed by atoms with Crippen LogP contribution in [-0.4, -0.2) is 29.2 Å². The van der Waals surface area contributed by atoms with Crippen LogP contribution in [0.5, 0.6) is 0 Å². The Balaban J connectivity index is 2.81. The lowest BCUT2D eigenvalue weighted by atomic mass is 9.79. The van der Waals surface area contributed by atoms with E-state index >= 15 is 0 Å². The van der Waals surface area contributed by atoms with Gasteiger partial charge >= 0.3 is 6.09 Å². The van der Waals surface area contributed by atoms with Crippen LogP contribution in [-0.2, 0) is 0 Å². The molecule has 0 aromatic heterocycles. The third-order valence-corrected chi connectivity index (χ3v) is 2.63. The topological polar surface area (TPSA) is 40.5 Å². The number of carbonyl (C=O) groups is 1. The van der Waals surface area contributed by atoms with E-state index < -0.39 is 6.09 Å². The van der Waals surface area contributed by atoms with Gasteiger partial charge < -0.3 is 10.0 Å². The summed E-state index contributed by atoms with van der Waals surface area (Å²) < 4.78 is 0. The third kappa shape index (κ3) is 2.08. The minimum absolute atomic E-state index is 0.136. The predicted molar refractivity (Wildman–Crippen MR) is 54.9 cm³/mol. The van der Waals surface area contributed by atoms with E-state index in [0.717, 1.165) is 12.0 Å². The maximum atomic E-state index is 10.8. The highest BCUT2D eigenvalue weighted by Crippen LogP contribution is 2.33. The van der Waals surface area contributed by atoms with Crippen molar-refractivity contribution < 1.29 is 9.90 Å². The molecule has 1 aliphatic rings. The minimum Gasteiger partial charge on any atom is -0.465 e. The van der Waals surface area contributed by atoms with Crippen LogP contribution in [0.15, 0.2) is 11.6 Å². The molecule has 0 unspecified atom stereocenters. The maximum absolute atomic E-state index is 10.8. The average Bonchev–Trinajstić information content (AvgIpc) is 2.08. The number of carboxylic acid groups (broad SMARTS) is 1. The first-order valence-corrected chi connectivity index (χ1v) is 4.61. The van der Waals surface area contributed by atoms with Crippen LogP contribution in [0, 0.1) is 17.8 Å². The second kappa shape index (κ2) is 3.75. The summed E-state index contributed by atoms with van der Waals surface area (Å²) in [5.74, 6) is 2.51. The first-order chi connectivity index (χ1) is 6.47. The molecule has 0 aromatic carbocycles. The number of nitrogens with zero attached hydrogens (tertiary/aromatic N) is 1. The summed E-state index contributed by atoms with van der Waals surface area (Å²) in [6.45, 7) is 5.11. The van der Waals surface area contributed by atoms with Gasteiger partial charge in [0, 0.05) is 18.5 Å². The van der Waals surface area contributed by atoms with Gasteiger partial charge in [0.25, 0.3) is 0 Å². The Labute approximate surface area is 84.4 Å². The molecule has 3 nitrogen and oxygen atoms in total. The zero-order valence-electron chi connectivity index (χ0n) is 8.58. The summed E-state index contributed by atoms with van der Waals surface area (Å²) in [6, 6.07) is 0. The largest absolute Gasteiger partial charge is 0.465 e. The number of likely N-dealkylation sites (tertiary alicyclic amines) is 1. The molecule has 0 atom stereocenters. The number of hydrogen-bond donors (Lipinski definition) is 1. The first-order valence-electron chi connectivity index (χ1n) is 4.61. The van der Waals surface area contributed by atoms with Gasteiger partial charge in [-0.15, -0.1) is 6.42 Å². The molecule has 0 saturated carbocycles.